The maximum absolute atomic E-state index is 14.0. The number of likely N-dealkylation sites (N-methyl/N-ethyl adjacent to an activating group) is 1. The molecule has 3 aromatic rings. The maximum Gasteiger partial charge on any atom is 0.259 e. The first-order valence-corrected chi connectivity index (χ1v) is 13.0. The number of primary amides is 1. The summed E-state index contributed by atoms with van der Waals surface area (Å²) in [7, 11) is 3.10. The lowest BCUT2D eigenvalue weighted by Gasteiger charge is -2.47. The molecule has 0 aliphatic heterocycles. The van der Waals surface area contributed by atoms with E-state index < -0.39 is 58.0 Å². The number of aromatic hydroxyl groups is 2. The van der Waals surface area contributed by atoms with Gasteiger partial charge in [0.15, 0.2) is 11.4 Å². The highest BCUT2D eigenvalue weighted by atomic mass is 16.3. The lowest BCUT2D eigenvalue weighted by Crippen LogP contribution is -2.65. The predicted molar refractivity (Wildman–Crippen MR) is 150 cm³/mol. The number of aromatic nitrogens is 1. The standard InChI is InChI=1S/C29H29N5O8/c1-12-14-5-4-6-17(35)19(14)23(36)20-15(12)9-16-22(34(2)3)24(37)21(26(39)29(16,42)25(20)38)28(41)33-11-32-18-8-7-13(10-31-18)27(30)40/h4-8,10,16,22,35-36,39,42H,9,11H2,1-3H3,(H2,30,40)(H,31,32)(H,33,41). The molecule has 2 amide bonds. The van der Waals surface area contributed by atoms with Gasteiger partial charge in [0.2, 0.25) is 11.7 Å². The number of phenols is 2. The van der Waals surface area contributed by atoms with Crippen molar-refractivity contribution in [2.75, 3.05) is 26.1 Å². The topological polar surface area (TPSA) is 215 Å². The van der Waals surface area contributed by atoms with E-state index in [1.807, 2.05) is 0 Å². The van der Waals surface area contributed by atoms with Crippen molar-refractivity contribution in [1.82, 2.24) is 15.2 Å². The molecule has 0 saturated heterocycles. The molecule has 13 nitrogen and oxygen atoms in total. The SMILES string of the molecule is Cc1c2c(c(O)c3c(O)cccc13)C(=O)C1(O)C(O)=C(C(=O)NCNc3ccc(C(N)=O)cn3)C(=O)C(N(C)C)C1C2. The second-order valence-corrected chi connectivity index (χ2v) is 10.6. The van der Waals surface area contributed by atoms with Crippen LogP contribution in [0, 0.1) is 12.8 Å². The Labute approximate surface area is 239 Å². The molecule has 2 aliphatic rings. The van der Waals surface area contributed by atoms with E-state index >= 15 is 0 Å². The number of hydrogen-bond acceptors (Lipinski definition) is 11. The summed E-state index contributed by atoms with van der Waals surface area (Å²) < 4.78 is 0. The van der Waals surface area contributed by atoms with E-state index in [4.69, 9.17) is 5.73 Å². The summed E-state index contributed by atoms with van der Waals surface area (Å²) >= 11 is 0. The quantitative estimate of drug-likeness (QED) is 0.160. The highest BCUT2D eigenvalue weighted by Crippen LogP contribution is 2.50. The highest BCUT2D eigenvalue weighted by Gasteiger charge is 2.62. The number of carbonyl (C=O) groups excluding carboxylic acids is 4. The van der Waals surface area contributed by atoms with Gasteiger partial charge in [-0.3, -0.25) is 24.1 Å². The molecule has 42 heavy (non-hydrogen) atoms. The van der Waals surface area contributed by atoms with Gasteiger partial charge in [0.25, 0.3) is 5.91 Å². The summed E-state index contributed by atoms with van der Waals surface area (Å²) in [6.45, 7) is 1.42. The van der Waals surface area contributed by atoms with Gasteiger partial charge < -0.3 is 36.8 Å². The second kappa shape index (κ2) is 10.1. The van der Waals surface area contributed by atoms with Crippen molar-refractivity contribution in [1.29, 1.82) is 0 Å². The number of amides is 2. The van der Waals surface area contributed by atoms with E-state index in [0.717, 1.165) is 0 Å². The fourth-order valence-electron chi connectivity index (χ4n) is 5.97. The number of aliphatic hydroxyl groups excluding tert-OH is 1. The fourth-order valence-corrected chi connectivity index (χ4v) is 5.97. The molecule has 1 heterocycles. The van der Waals surface area contributed by atoms with E-state index in [0.29, 0.717) is 16.5 Å². The smallest absolute Gasteiger partial charge is 0.259 e. The molecular formula is C29H29N5O8. The number of aryl methyl sites for hydroxylation is 1. The van der Waals surface area contributed by atoms with Crippen LogP contribution in [-0.4, -0.2) is 86.1 Å². The highest BCUT2D eigenvalue weighted by molar-refractivity contribution is 6.25. The Morgan fingerprint density at radius 1 is 1.14 bits per heavy atom. The molecule has 3 unspecified atom stereocenters. The molecule has 0 spiro atoms. The van der Waals surface area contributed by atoms with Crippen LogP contribution in [0.25, 0.3) is 10.8 Å². The van der Waals surface area contributed by atoms with Crippen LogP contribution in [0.15, 0.2) is 47.9 Å². The third kappa shape index (κ3) is 4.13. The number of anilines is 1. The number of aliphatic hydroxyl groups is 2. The van der Waals surface area contributed by atoms with Gasteiger partial charge in [-0.15, -0.1) is 0 Å². The zero-order valence-electron chi connectivity index (χ0n) is 22.9. The Balaban J connectivity index is 1.55. The summed E-state index contributed by atoms with van der Waals surface area (Å²) in [4.78, 5) is 57.6. The van der Waals surface area contributed by atoms with E-state index in [1.54, 1.807) is 33.2 Å². The number of rotatable bonds is 6. The van der Waals surface area contributed by atoms with Crippen molar-refractivity contribution in [2.45, 2.75) is 25.0 Å². The maximum atomic E-state index is 14.0. The number of ketones is 2. The van der Waals surface area contributed by atoms with Crippen LogP contribution in [0.5, 0.6) is 11.5 Å². The first-order valence-electron chi connectivity index (χ1n) is 13.0. The lowest BCUT2D eigenvalue weighted by atomic mass is 9.61. The van der Waals surface area contributed by atoms with Crippen LogP contribution in [0.1, 0.15) is 31.8 Å². The molecule has 0 bridgehead atoms. The van der Waals surface area contributed by atoms with Gasteiger partial charge in [-0.05, 0) is 62.2 Å². The minimum absolute atomic E-state index is 0.00479. The van der Waals surface area contributed by atoms with E-state index in [1.165, 1.54) is 29.3 Å². The lowest BCUT2D eigenvalue weighted by molar-refractivity contribution is -0.132. The van der Waals surface area contributed by atoms with Crippen molar-refractivity contribution >= 4 is 40.0 Å². The Bertz CT molecular complexity index is 1720. The number of Topliss-reactive ketones (excluding diaryl/α,β-unsaturated/α-hetero) is 2. The van der Waals surface area contributed by atoms with E-state index in [-0.39, 0.29) is 41.2 Å². The number of nitrogens with two attached hydrogens (primary N) is 1. The van der Waals surface area contributed by atoms with Crippen molar-refractivity contribution in [2.24, 2.45) is 11.7 Å². The van der Waals surface area contributed by atoms with E-state index in [2.05, 4.69) is 15.6 Å². The first-order chi connectivity index (χ1) is 19.8. The van der Waals surface area contributed by atoms with Gasteiger partial charge in [0.1, 0.15) is 28.6 Å². The molecule has 3 atom stereocenters. The van der Waals surface area contributed by atoms with Gasteiger partial charge in [0, 0.05) is 12.1 Å². The molecule has 8 N–H and O–H groups in total. The van der Waals surface area contributed by atoms with Crippen LogP contribution >= 0.6 is 0 Å². The number of fused-ring (bicyclic) bond motifs is 3. The molecular weight excluding hydrogens is 546 g/mol. The zero-order valence-corrected chi connectivity index (χ0v) is 22.9. The number of carbonyl (C=O) groups is 4. The minimum Gasteiger partial charge on any atom is -0.508 e. The average molecular weight is 576 g/mol. The van der Waals surface area contributed by atoms with Gasteiger partial charge in [0.05, 0.1) is 29.2 Å². The summed E-state index contributed by atoms with van der Waals surface area (Å²) in [5.74, 6) is -6.54. The molecule has 2 aliphatic carbocycles. The third-order valence-corrected chi connectivity index (χ3v) is 8.05. The zero-order chi connectivity index (χ0) is 30.7. The summed E-state index contributed by atoms with van der Waals surface area (Å²) in [5.41, 5.74) is 2.46. The molecule has 0 saturated carbocycles. The van der Waals surface area contributed by atoms with Crippen molar-refractivity contribution in [3.8, 4) is 11.5 Å². The van der Waals surface area contributed by atoms with Crippen LogP contribution in [0.3, 0.4) is 0 Å². The number of nitrogens with zero attached hydrogens (tertiary/aromatic N) is 2. The molecule has 0 fully saturated rings. The third-order valence-electron chi connectivity index (χ3n) is 8.05. The number of pyridine rings is 1. The summed E-state index contributed by atoms with van der Waals surface area (Å²) in [5, 5.41) is 50.5. The Morgan fingerprint density at radius 2 is 1.86 bits per heavy atom. The van der Waals surface area contributed by atoms with Gasteiger partial charge >= 0.3 is 0 Å². The molecule has 13 heteroatoms. The molecule has 5 rings (SSSR count). The van der Waals surface area contributed by atoms with Crippen molar-refractivity contribution in [3.63, 3.8) is 0 Å². The molecule has 2 aromatic carbocycles. The fraction of sp³-hybridized carbons (Fsp3) is 0.276. The van der Waals surface area contributed by atoms with E-state index in [9.17, 15) is 39.6 Å². The van der Waals surface area contributed by atoms with Crippen LogP contribution < -0.4 is 16.4 Å². The van der Waals surface area contributed by atoms with Gasteiger partial charge in [-0.2, -0.15) is 0 Å². The number of benzene rings is 2. The van der Waals surface area contributed by atoms with Crippen molar-refractivity contribution in [3.05, 3.63) is 70.1 Å². The first kappa shape index (κ1) is 28.5. The minimum atomic E-state index is -2.73. The normalized spacial score (nSPS) is 21.7. The Hall–Kier alpha value is -5.01. The average Bonchev–Trinajstić information content (AvgIpc) is 2.93. The number of nitrogens with one attached hydrogen (secondary N) is 2. The van der Waals surface area contributed by atoms with Crippen LogP contribution in [0.2, 0.25) is 0 Å². The van der Waals surface area contributed by atoms with Crippen LogP contribution in [0.4, 0.5) is 5.82 Å². The molecule has 218 valence electrons. The van der Waals surface area contributed by atoms with Crippen molar-refractivity contribution < 1.29 is 39.6 Å². The van der Waals surface area contributed by atoms with Gasteiger partial charge in [-0.25, -0.2) is 4.98 Å². The predicted octanol–water partition coefficient (Wildman–Crippen LogP) is 0.650. The molecule has 1 aromatic heterocycles. The van der Waals surface area contributed by atoms with Crippen LogP contribution in [-0.2, 0) is 16.0 Å². The summed E-state index contributed by atoms with van der Waals surface area (Å²) in [6, 6.07) is 6.27. The van der Waals surface area contributed by atoms with Gasteiger partial charge in [-0.1, -0.05) is 12.1 Å². The number of phenolic OH excluding ortho intramolecular Hbond substituents is 2. The summed E-state index contributed by atoms with van der Waals surface area (Å²) in [6.07, 6.45) is 1.14. The monoisotopic (exact) mass is 575 g/mol. The second-order valence-electron chi connectivity index (χ2n) is 10.6. The largest absolute Gasteiger partial charge is 0.508 e. The number of hydrogen-bond donors (Lipinski definition) is 7. The Kier molecular flexibility index (Phi) is 6.87. The Morgan fingerprint density at radius 3 is 2.48 bits per heavy atom. The molecule has 0 radical (unpaired) electrons.